The van der Waals surface area contributed by atoms with Gasteiger partial charge in [0.2, 0.25) is 0 Å². The van der Waals surface area contributed by atoms with Crippen LogP contribution in [-0.2, 0) is 0 Å². The van der Waals surface area contributed by atoms with Crippen LogP contribution in [0.1, 0.15) is 12.8 Å². The molecule has 0 aromatic heterocycles. The minimum atomic E-state index is 0.880. The Hall–Kier alpha value is -0.0400. The number of hydrogen-bond acceptors (Lipinski definition) is 1. The summed E-state index contributed by atoms with van der Waals surface area (Å²) in [6.45, 7) is 1.27. The molecule has 2 aliphatic heterocycles. The monoisotopic (exact) mass is 96.1 g/mol. The molecule has 1 saturated carbocycles. The first-order valence-electron chi connectivity index (χ1n) is 2.93. The van der Waals surface area contributed by atoms with Crippen LogP contribution in [-0.4, -0.2) is 17.5 Å². The van der Waals surface area contributed by atoms with Crippen molar-refractivity contribution in [3.8, 4) is 0 Å². The van der Waals surface area contributed by atoms with Crippen LogP contribution in [0.2, 0.25) is 0 Å². The summed E-state index contributed by atoms with van der Waals surface area (Å²) in [4.78, 5) is 2.23. The highest BCUT2D eigenvalue weighted by Crippen LogP contribution is 2.39. The number of hydrogen-bond donors (Lipinski definition) is 0. The second-order valence-electron chi connectivity index (χ2n) is 2.76. The molecule has 1 heteroatoms. The first-order valence-corrected chi connectivity index (χ1v) is 2.93. The van der Waals surface area contributed by atoms with Gasteiger partial charge in [-0.15, -0.1) is 0 Å². The zero-order valence-corrected chi connectivity index (χ0v) is 4.43. The fourth-order valence-electron chi connectivity index (χ4n) is 1.63. The second kappa shape index (κ2) is 1.03. The molecule has 40 valence electrons. The molecule has 0 unspecified atom stereocenters. The van der Waals surface area contributed by atoms with Gasteiger partial charge in [0.25, 0.3) is 0 Å². The number of fused-ring (bicyclic) bond motifs is 1. The van der Waals surface area contributed by atoms with Gasteiger partial charge in [0.1, 0.15) is 0 Å². The molecule has 3 rings (SSSR count). The standard InChI is InChI=1S/C6H10N/c1-7-4-5-2-6(7)3-5/h5-6H,1-4H2/q-1. The Labute approximate surface area is 44.3 Å². The van der Waals surface area contributed by atoms with Gasteiger partial charge in [0.15, 0.2) is 0 Å². The third-order valence-electron chi connectivity index (χ3n) is 2.22. The molecule has 3 aliphatic rings. The molecule has 0 N–H and O–H groups in total. The van der Waals surface area contributed by atoms with Crippen LogP contribution in [0.25, 0.3) is 0 Å². The Morgan fingerprint density at radius 3 is 2.29 bits per heavy atom. The van der Waals surface area contributed by atoms with Crippen LogP contribution in [0.5, 0.6) is 0 Å². The van der Waals surface area contributed by atoms with Gasteiger partial charge in [-0.1, -0.05) is 0 Å². The topological polar surface area (TPSA) is 3.24 Å². The highest BCUT2D eigenvalue weighted by atomic mass is 15.2. The van der Waals surface area contributed by atoms with Crippen molar-refractivity contribution in [3.05, 3.63) is 7.05 Å². The first kappa shape index (κ1) is 3.90. The lowest BCUT2D eigenvalue weighted by Gasteiger charge is -2.27. The Morgan fingerprint density at radius 1 is 1.43 bits per heavy atom. The molecule has 2 heterocycles. The maximum atomic E-state index is 3.89. The van der Waals surface area contributed by atoms with Crippen LogP contribution in [0.15, 0.2) is 0 Å². The average Bonchev–Trinajstić information content (AvgIpc) is 1.85. The Kier molecular flexibility index (Phi) is 0.571. The molecular formula is C6H10N-. The van der Waals surface area contributed by atoms with Crippen molar-refractivity contribution >= 4 is 0 Å². The van der Waals surface area contributed by atoms with E-state index in [1.165, 1.54) is 19.4 Å². The molecule has 0 aromatic rings. The largest absolute Gasteiger partial charge is 0.456 e. The second-order valence-corrected chi connectivity index (χ2v) is 2.76. The van der Waals surface area contributed by atoms with Crippen LogP contribution in [0, 0.1) is 13.0 Å². The van der Waals surface area contributed by atoms with Crippen molar-refractivity contribution in [2.45, 2.75) is 18.9 Å². The highest BCUT2D eigenvalue weighted by molar-refractivity contribution is 4.96. The minimum absolute atomic E-state index is 0.880. The van der Waals surface area contributed by atoms with Gasteiger partial charge >= 0.3 is 0 Å². The van der Waals surface area contributed by atoms with Gasteiger partial charge in [-0.05, 0) is 31.3 Å². The van der Waals surface area contributed by atoms with E-state index in [4.69, 9.17) is 0 Å². The van der Waals surface area contributed by atoms with Crippen molar-refractivity contribution in [2.75, 3.05) is 6.54 Å². The third-order valence-corrected chi connectivity index (χ3v) is 2.22. The van der Waals surface area contributed by atoms with E-state index in [0.717, 1.165) is 12.0 Å². The van der Waals surface area contributed by atoms with Gasteiger partial charge in [-0.25, -0.2) is 0 Å². The SMILES string of the molecule is [CH2-]N1CC2CC1C2. The van der Waals surface area contributed by atoms with E-state index < -0.39 is 0 Å². The maximum Gasteiger partial charge on any atom is -0.0178 e. The van der Waals surface area contributed by atoms with E-state index >= 15 is 0 Å². The van der Waals surface area contributed by atoms with E-state index in [1.807, 2.05) is 0 Å². The fourth-order valence-corrected chi connectivity index (χ4v) is 1.63. The quantitative estimate of drug-likeness (QED) is 0.404. The lowest BCUT2D eigenvalue weighted by atomic mass is 9.86. The molecule has 0 spiro atoms. The molecule has 1 aliphatic carbocycles. The molecule has 3 fully saturated rings. The van der Waals surface area contributed by atoms with E-state index in [9.17, 15) is 0 Å². The van der Waals surface area contributed by atoms with Crippen LogP contribution in [0.4, 0.5) is 0 Å². The predicted octanol–water partition coefficient (Wildman–Crippen LogP) is 0.872. The van der Waals surface area contributed by atoms with E-state index in [-0.39, 0.29) is 0 Å². The summed E-state index contributed by atoms with van der Waals surface area (Å²) in [5.41, 5.74) is 0. The van der Waals surface area contributed by atoms with Crippen molar-refractivity contribution in [1.82, 2.24) is 4.90 Å². The smallest absolute Gasteiger partial charge is 0.0178 e. The summed E-state index contributed by atoms with van der Waals surface area (Å²) in [5.74, 6) is 1.03. The van der Waals surface area contributed by atoms with Gasteiger partial charge in [-0.2, -0.15) is 0 Å². The molecular weight excluding hydrogens is 86.1 g/mol. The lowest BCUT2D eigenvalue weighted by Crippen LogP contribution is -2.23. The number of nitrogens with zero attached hydrogens (tertiary/aromatic N) is 1. The van der Waals surface area contributed by atoms with E-state index in [0.29, 0.717) is 0 Å². The van der Waals surface area contributed by atoms with E-state index in [1.54, 1.807) is 0 Å². The first-order chi connectivity index (χ1) is 3.36. The summed E-state index contributed by atoms with van der Waals surface area (Å²) in [7, 11) is 3.89. The van der Waals surface area contributed by atoms with Crippen molar-refractivity contribution in [1.29, 1.82) is 0 Å². The predicted molar refractivity (Wildman–Crippen MR) is 28.6 cm³/mol. The molecule has 2 saturated heterocycles. The molecule has 7 heavy (non-hydrogen) atoms. The van der Waals surface area contributed by atoms with Gasteiger partial charge in [-0.3, -0.25) is 7.05 Å². The molecule has 0 aromatic carbocycles. The third kappa shape index (κ3) is 0.367. The Bertz CT molecular complexity index is 84.2. The van der Waals surface area contributed by atoms with Gasteiger partial charge < -0.3 is 4.90 Å². The van der Waals surface area contributed by atoms with Crippen molar-refractivity contribution in [3.63, 3.8) is 0 Å². The number of rotatable bonds is 0. The zero-order valence-electron chi connectivity index (χ0n) is 4.43. The zero-order chi connectivity index (χ0) is 4.85. The summed E-state index contributed by atoms with van der Waals surface area (Å²) in [6.07, 6.45) is 2.87. The highest BCUT2D eigenvalue weighted by Gasteiger charge is 2.36. The Balaban J connectivity index is 2.13. The van der Waals surface area contributed by atoms with Gasteiger partial charge in [0.05, 0.1) is 0 Å². The maximum absolute atomic E-state index is 3.89. The minimum Gasteiger partial charge on any atom is -0.456 e. The fraction of sp³-hybridized carbons (Fsp3) is 0.833. The van der Waals surface area contributed by atoms with Crippen LogP contribution in [0.3, 0.4) is 0 Å². The average molecular weight is 96.2 g/mol. The molecule has 1 nitrogen and oxygen atoms in total. The summed E-state index contributed by atoms with van der Waals surface area (Å²) in [6, 6.07) is 0.880. The molecule has 0 amide bonds. The summed E-state index contributed by atoms with van der Waals surface area (Å²) >= 11 is 0. The summed E-state index contributed by atoms with van der Waals surface area (Å²) in [5, 5.41) is 0. The molecule has 0 radical (unpaired) electrons. The van der Waals surface area contributed by atoms with Crippen LogP contribution >= 0.6 is 0 Å². The van der Waals surface area contributed by atoms with E-state index in [2.05, 4.69) is 11.9 Å². The normalized spacial score (nSPS) is 49.3. The Morgan fingerprint density at radius 2 is 2.14 bits per heavy atom. The summed E-state index contributed by atoms with van der Waals surface area (Å²) < 4.78 is 0. The molecule has 0 atom stereocenters. The van der Waals surface area contributed by atoms with Gasteiger partial charge in [0, 0.05) is 0 Å². The molecule has 2 bridgehead atoms. The van der Waals surface area contributed by atoms with Crippen LogP contribution < -0.4 is 0 Å². The van der Waals surface area contributed by atoms with Crippen molar-refractivity contribution < 1.29 is 0 Å². The lowest BCUT2D eigenvalue weighted by molar-refractivity contribution is 0.303. The van der Waals surface area contributed by atoms with Crippen molar-refractivity contribution in [2.24, 2.45) is 5.92 Å².